The van der Waals surface area contributed by atoms with Gasteiger partial charge in [-0.05, 0) is 12.5 Å². The molecule has 0 saturated carbocycles. The third-order valence-electron chi connectivity index (χ3n) is 4.33. The topological polar surface area (TPSA) is 65.9 Å². The first-order valence-corrected chi connectivity index (χ1v) is 7.92. The maximum absolute atomic E-state index is 5.53. The zero-order valence-corrected chi connectivity index (χ0v) is 14.5. The fraction of sp³-hybridized carbons (Fsp3) is 0.529. The second-order valence-electron chi connectivity index (χ2n) is 5.85. The summed E-state index contributed by atoms with van der Waals surface area (Å²) in [5.41, 5.74) is 0.703. The third-order valence-corrected chi connectivity index (χ3v) is 4.33. The van der Waals surface area contributed by atoms with Gasteiger partial charge in [-0.15, -0.1) is 0 Å². The van der Waals surface area contributed by atoms with E-state index in [1.54, 1.807) is 27.7 Å². The second kappa shape index (κ2) is 7.09. The molecule has 0 spiro atoms. The van der Waals surface area contributed by atoms with Crippen molar-refractivity contribution in [3.05, 3.63) is 12.4 Å². The molecular weight excluding hydrogens is 310 g/mol. The number of benzene rings is 1. The molecule has 3 rings (SSSR count). The highest BCUT2D eigenvalue weighted by atomic mass is 16.5. The van der Waals surface area contributed by atoms with Crippen LogP contribution in [0.4, 0.5) is 5.82 Å². The lowest BCUT2D eigenvalue weighted by Gasteiger charge is -2.23. The summed E-state index contributed by atoms with van der Waals surface area (Å²) in [5.74, 6) is 3.03. The first-order chi connectivity index (χ1) is 11.7. The molecule has 1 aliphatic rings. The van der Waals surface area contributed by atoms with Gasteiger partial charge in [0.2, 0.25) is 5.75 Å². The van der Waals surface area contributed by atoms with Crippen LogP contribution in [0.15, 0.2) is 12.4 Å². The Kier molecular flexibility index (Phi) is 4.89. The van der Waals surface area contributed by atoms with Crippen LogP contribution in [0.25, 0.3) is 10.9 Å². The molecule has 0 aliphatic carbocycles. The largest absolute Gasteiger partial charge is 0.493 e. The molecule has 1 saturated heterocycles. The van der Waals surface area contributed by atoms with Crippen LogP contribution in [0.3, 0.4) is 0 Å². The number of hydrogen-bond acceptors (Lipinski definition) is 7. The lowest BCUT2D eigenvalue weighted by atomic mass is 10.1. The van der Waals surface area contributed by atoms with Gasteiger partial charge in [-0.2, -0.15) is 0 Å². The van der Waals surface area contributed by atoms with Crippen LogP contribution in [0, 0.1) is 5.92 Å². The zero-order chi connectivity index (χ0) is 17.1. The van der Waals surface area contributed by atoms with Gasteiger partial charge in [0.25, 0.3) is 0 Å². The Morgan fingerprint density at radius 2 is 1.96 bits per heavy atom. The highest BCUT2D eigenvalue weighted by Gasteiger charge is 2.23. The van der Waals surface area contributed by atoms with Crippen LogP contribution in [0.1, 0.15) is 6.42 Å². The average Bonchev–Trinajstić information content (AvgIpc) is 3.12. The van der Waals surface area contributed by atoms with Crippen molar-refractivity contribution in [2.45, 2.75) is 6.42 Å². The van der Waals surface area contributed by atoms with Crippen LogP contribution in [-0.4, -0.2) is 58.1 Å². The molecule has 7 heteroatoms. The second-order valence-corrected chi connectivity index (χ2v) is 5.85. The van der Waals surface area contributed by atoms with Gasteiger partial charge in [-0.1, -0.05) is 0 Å². The molecule has 1 aliphatic heterocycles. The van der Waals surface area contributed by atoms with Crippen molar-refractivity contribution in [2.75, 3.05) is 53.0 Å². The number of hydrogen-bond donors (Lipinski definition) is 0. The minimum absolute atomic E-state index is 0.516. The molecule has 1 aromatic carbocycles. The van der Waals surface area contributed by atoms with Crippen molar-refractivity contribution in [1.29, 1.82) is 0 Å². The summed E-state index contributed by atoms with van der Waals surface area (Å²) < 4.78 is 21.9. The smallest absolute Gasteiger partial charge is 0.205 e. The van der Waals surface area contributed by atoms with Crippen LogP contribution < -0.4 is 19.1 Å². The van der Waals surface area contributed by atoms with Gasteiger partial charge in [-0.25, -0.2) is 9.97 Å². The van der Waals surface area contributed by atoms with Crippen molar-refractivity contribution >= 4 is 16.7 Å². The van der Waals surface area contributed by atoms with E-state index in [0.717, 1.165) is 37.4 Å². The average molecular weight is 333 g/mol. The highest BCUT2D eigenvalue weighted by Crippen LogP contribution is 2.44. The third kappa shape index (κ3) is 2.91. The molecule has 2 heterocycles. The summed E-state index contributed by atoms with van der Waals surface area (Å²) in [4.78, 5) is 11.0. The molecule has 0 bridgehead atoms. The van der Waals surface area contributed by atoms with Crippen molar-refractivity contribution in [3.63, 3.8) is 0 Å². The Morgan fingerprint density at radius 1 is 1.17 bits per heavy atom. The Balaban J connectivity index is 2.08. The summed E-state index contributed by atoms with van der Waals surface area (Å²) in [6.45, 7) is 2.51. The standard InChI is InChI=1S/C17H23N3O4/c1-20(8-11-5-6-24-9-11)17-12-7-13(21-2)15(22-3)16(23-4)14(12)18-10-19-17/h7,10-11H,5-6,8-9H2,1-4H3. The van der Waals surface area contributed by atoms with E-state index in [4.69, 9.17) is 18.9 Å². The van der Waals surface area contributed by atoms with E-state index in [1.807, 2.05) is 13.1 Å². The van der Waals surface area contributed by atoms with Crippen molar-refractivity contribution in [3.8, 4) is 17.2 Å². The molecule has 7 nitrogen and oxygen atoms in total. The molecule has 1 atom stereocenters. The predicted molar refractivity (Wildman–Crippen MR) is 91.4 cm³/mol. The fourth-order valence-electron chi connectivity index (χ4n) is 3.16. The predicted octanol–water partition coefficient (Wildman–Crippen LogP) is 2.13. The van der Waals surface area contributed by atoms with Gasteiger partial charge in [0.1, 0.15) is 17.7 Å². The number of methoxy groups -OCH3 is 3. The molecule has 1 aromatic heterocycles. The molecule has 0 radical (unpaired) electrons. The van der Waals surface area contributed by atoms with Crippen LogP contribution >= 0.6 is 0 Å². The van der Waals surface area contributed by atoms with Crippen molar-refractivity contribution in [2.24, 2.45) is 5.92 Å². The van der Waals surface area contributed by atoms with Crippen molar-refractivity contribution < 1.29 is 18.9 Å². The molecule has 1 fully saturated rings. The summed E-state index contributed by atoms with van der Waals surface area (Å²) in [6, 6.07) is 1.90. The van der Waals surface area contributed by atoms with E-state index in [1.165, 1.54) is 0 Å². The first kappa shape index (κ1) is 16.6. The van der Waals surface area contributed by atoms with Gasteiger partial charge in [0.05, 0.1) is 33.3 Å². The lowest BCUT2D eigenvalue weighted by Crippen LogP contribution is -2.26. The van der Waals surface area contributed by atoms with Gasteiger partial charge >= 0.3 is 0 Å². The molecule has 1 unspecified atom stereocenters. The summed E-state index contributed by atoms with van der Waals surface area (Å²) in [7, 11) is 6.81. The van der Waals surface area contributed by atoms with E-state index in [-0.39, 0.29) is 0 Å². The van der Waals surface area contributed by atoms with Crippen molar-refractivity contribution in [1.82, 2.24) is 9.97 Å². The van der Waals surface area contributed by atoms with Crippen LogP contribution in [0.5, 0.6) is 17.2 Å². The van der Waals surface area contributed by atoms with Gasteiger partial charge in [0, 0.05) is 26.1 Å². The van der Waals surface area contributed by atoms with E-state index in [2.05, 4.69) is 14.9 Å². The van der Waals surface area contributed by atoms with E-state index < -0.39 is 0 Å². The normalized spacial score (nSPS) is 17.1. The Bertz CT molecular complexity index is 717. The van der Waals surface area contributed by atoms with Gasteiger partial charge < -0.3 is 23.8 Å². The Labute approximate surface area is 141 Å². The molecule has 2 aromatic rings. The number of rotatable bonds is 6. The molecular formula is C17H23N3O4. The molecule has 0 N–H and O–H groups in total. The fourth-order valence-corrected chi connectivity index (χ4v) is 3.16. The van der Waals surface area contributed by atoms with Gasteiger partial charge in [0.15, 0.2) is 11.5 Å². The maximum Gasteiger partial charge on any atom is 0.205 e. The van der Waals surface area contributed by atoms with E-state index in [0.29, 0.717) is 28.7 Å². The Hall–Kier alpha value is -2.28. The number of fused-ring (bicyclic) bond motifs is 1. The SMILES string of the molecule is COc1cc2c(N(C)CC3CCOC3)ncnc2c(OC)c1OC. The molecule has 0 amide bonds. The molecule has 24 heavy (non-hydrogen) atoms. The number of nitrogens with zero attached hydrogens (tertiary/aromatic N) is 3. The quantitative estimate of drug-likeness (QED) is 0.802. The monoisotopic (exact) mass is 333 g/mol. The Morgan fingerprint density at radius 3 is 2.58 bits per heavy atom. The molecule has 130 valence electrons. The van der Waals surface area contributed by atoms with E-state index >= 15 is 0 Å². The number of anilines is 1. The zero-order valence-electron chi connectivity index (χ0n) is 14.5. The maximum atomic E-state index is 5.53. The van der Waals surface area contributed by atoms with Crippen LogP contribution in [-0.2, 0) is 4.74 Å². The van der Waals surface area contributed by atoms with Gasteiger partial charge in [-0.3, -0.25) is 0 Å². The van der Waals surface area contributed by atoms with E-state index in [9.17, 15) is 0 Å². The highest BCUT2D eigenvalue weighted by molar-refractivity contribution is 5.96. The summed E-state index contributed by atoms with van der Waals surface area (Å²) >= 11 is 0. The first-order valence-electron chi connectivity index (χ1n) is 7.92. The minimum atomic E-state index is 0.516. The van der Waals surface area contributed by atoms with Crippen LogP contribution in [0.2, 0.25) is 0 Å². The lowest BCUT2D eigenvalue weighted by molar-refractivity contribution is 0.186. The number of aromatic nitrogens is 2. The number of ether oxygens (including phenoxy) is 4. The minimum Gasteiger partial charge on any atom is -0.493 e. The summed E-state index contributed by atoms with van der Waals surface area (Å²) in [6.07, 6.45) is 2.63. The summed E-state index contributed by atoms with van der Waals surface area (Å²) in [5, 5.41) is 0.869.